The molecule has 1 N–H and O–H groups in total. The maximum atomic E-state index is 4.43. The molecule has 1 atom stereocenters. The van der Waals surface area contributed by atoms with Gasteiger partial charge in [-0.05, 0) is 26.0 Å². The van der Waals surface area contributed by atoms with Crippen LogP contribution in [-0.2, 0) is 0 Å². The summed E-state index contributed by atoms with van der Waals surface area (Å²) in [5, 5.41) is 5.62. The van der Waals surface area contributed by atoms with Gasteiger partial charge in [-0.25, -0.2) is 4.98 Å². The molecule has 0 saturated carbocycles. The third kappa shape index (κ3) is 2.93. The number of rotatable bonds is 4. The summed E-state index contributed by atoms with van der Waals surface area (Å²) in [5.41, 5.74) is 6.91. The number of hydrogen-bond acceptors (Lipinski definition) is 3. The molecule has 1 unspecified atom stereocenters. The zero-order valence-electron chi connectivity index (χ0n) is 10.5. The van der Waals surface area contributed by atoms with Gasteiger partial charge in [0.25, 0.3) is 0 Å². The molecule has 0 aliphatic carbocycles. The number of nitrogens with zero attached hydrogens (tertiary/aromatic N) is 1. The number of benzene rings is 1. The first kappa shape index (κ1) is 12.3. The summed E-state index contributed by atoms with van der Waals surface area (Å²) in [5.74, 6) is 0. The van der Waals surface area contributed by atoms with E-state index in [1.165, 1.54) is 16.7 Å². The van der Waals surface area contributed by atoms with Gasteiger partial charge in [0, 0.05) is 5.38 Å². The molecular formula is C14H18N2S. The molecule has 0 amide bonds. The Balaban J connectivity index is 2.38. The van der Waals surface area contributed by atoms with Crippen LogP contribution >= 0.6 is 11.3 Å². The third-order valence-corrected chi connectivity index (χ3v) is 3.34. The minimum absolute atomic E-state index is 0.213. The van der Waals surface area contributed by atoms with E-state index in [9.17, 15) is 0 Å². The first-order valence-corrected chi connectivity index (χ1v) is 6.84. The highest BCUT2D eigenvalue weighted by Gasteiger charge is 2.15. The van der Waals surface area contributed by atoms with Crippen molar-refractivity contribution in [1.29, 1.82) is 0 Å². The van der Waals surface area contributed by atoms with Crippen LogP contribution in [0.3, 0.4) is 0 Å². The average Bonchev–Trinajstić information content (AvgIpc) is 2.77. The second kappa shape index (κ2) is 5.43. The maximum absolute atomic E-state index is 4.43. The summed E-state index contributed by atoms with van der Waals surface area (Å²) in [7, 11) is 0. The first-order chi connectivity index (χ1) is 8.20. The van der Waals surface area contributed by atoms with Crippen LogP contribution in [-0.4, -0.2) is 11.5 Å². The quantitative estimate of drug-likeness (QED) is 0.893. The zero-order valence-corrected chi connectivity index (χ0v) is 11.3. The fraction of sp³-hybridized carbons (Fsp3) is 0.357. The Hall–Kier alpha value is -1.19. The topological polar surface area (TPSA) is 24.9 Å². The van der Waals surface area contributed by atoms with Gasteiger partial charge in [0.15, 0.2) is 0 Å². The molecule has 0 spiro atoms. The van der Waals surface area contributed by atoms with E-state index in [2.05, 4.69) is 54.7 Å². The van der Waals surface area contributed by atoms with Gasteiger partial charge >= 0.3 is 0 Å². The minimum atomic E-state index is 0.213. The van der Waals surface area contributed by atoms with E-state index in [0.717, 1.165) is 12.2 Å². The van der Waals surface area contributed by atoms with Crippen molar-refractivity contribution in [2.45, 2.75) is 26.8 Å². The molecular weight excluding hydrogens is 228 g/mol. The molecule has 0 aliphatic heterocycles. The van der Waals surface area contributed by atoms with Gasteiger partial charge < -0.3 is 5.32 Å². The number of nitrogens with one attached hydrogen (secondary N) is 1. The highest BCUT2D eigenvalue weighted by atomic mass is 32.1. The van der Waals surface area contributed by atoms with Crippen molar-refractivity contribution in [3.05, 3.63) is 51.5 Å². The van der Waals surface area contributed by atoms with Gasteiger partial charge in [-0.15, -0.1) is 11.3 Å². The molecule has 0 saturated heterocycles. The van der Waals surface area contributed by atoms with Crippen molar-refractivity contribution in [3.8, 4) is 0 Å². The van der Waals surface area contributed by atoms with Crippen LogP contribution in [0, 0.1) is 13.8 Å². The molecule has 2 nitrogen and oxygen atoms in total. The van der Waals surface area contributed by atoms with Crippen LogP contribution in [0.2, 0.25) is 0 Å². The third-order valence-electron chi connectivity index (χ3n) is 2.73. The Kier molecular flexibility index (Phi) is 3.92. The largest absolute Gasteiger partial charge is 0.305 e. The second-order valence-corrected chi connectivity index (χ2v) is 5.04. The van der Waals surface area contributed by atoms with Gasteiger partial charge in [-0.3, -0.25) is 0 Å². The summed E-state index contributed by atoms with van der Waals surface area (Å²) in [6.07, 6.45) is 0. The van der Waals surface area contributed by atoms with Gasteiger partial charge in [0.05, 0.1) is 17.2 Å². The summed E-state index contributed by atoms with van der Waals surface area (Å²) in [6, 6.07) is 6.89. The van der Waals surface area contributed by atoms with Gasteiger partial charge in [0.2, 0.25) is 0 Å². The fourth-order valence-electron chi connectivity index (χ4n) is 2.14. The highest BCUT2D eigenvalue weighted by molar-refractivity contribution is 7.07. The number of aromatic nitrogens is 1. The van der Waals surface area contributed by atoms with Crippen LogP contribution in [0.4, 0.5) is 0 Å². The van der Waals surface area contributed by atoms with Crippen molar-refractivity contribution in [1.82, 2.24) is 10.3 Å². The molecule has 1 aromatic carbocycles. The van der Waals surface area contributed by atoms with Crippen molar-refractivity contribution in [2.75, 3.05) is 6.54 Å². The van der Waals surface area contributed by atoms with E-state index in [1.54, 1.807) is 11.3 Å². The second-order valence-electron chi connectivity index (χ2n) is 4.33. The highest BCUT2D eigenvalue weighted by Crippen LogP contribution is 2.23. The lowest BCUT2D eigenvalue weighted by atomic mass is 9.99. The fourth-order valence-corrected chi connectivity index (χ4v) is 2.72. The van der Waals surface area contributed by atoms with E-state index >= 15 is 0 Å². The van der Waals surface area contributed by atoms with E-state index in [4.69, 9.17) is 0 Å². The Morgan fingerprint density at radius 1 is 1.24 bits per heavy atom. The number of hydrogen-bond donors (Lipinski definition) is 1. The summed E-state index contributed by atoms with van der Waals surface area (Å²) < 4.78 is 0. The Bertz CT molecular complexity index is 457. The lowest BCUT2D eigenvalue weighted by molar-refractivity contribution is 0.618. The Morgan fingerprint density at radius 3 is 2.47 bits per heavy atom. The van der Waals surface area contributed by atoms with Crippen LogP contribution < -0.4 is 5.32 Å². The van der Waals surface area contributed by atoms with Crippen LogP contribution in [0.5, 0.6) is 0 Å². The monoisotopic (exact) mass is 246 g/mol. The predicted molar refractivity (Wildman–Crippen MR) is 73.5 cm³/mol. The number of thiazole rings is 1. The van der Waals surface area contributed by atoms with Gasteiger partial charge in [0.1, 0.15) is 0 Å². The first-order valence-electron chi connectivity index (χ1n) is 5.90. The van der Waals surface area contributed by atoms with E-state index in [0.29, 0.717) is 0 Å². The molecule has 0 aliphatic rings. The standard InChI is InChI=1S/C14H18N2S/c1-4-15-14(13-8-17-9-16-13)12-6-10(2)5-11(3)7-12/h5-9,14-15H,4H2,1-3H3. The predicted octanol–water partition coefficient (Wildman–Crippen LogP) is 3.46. The van der Waals surface area contributed by atoms with E-state index in [-0.39, 0.29) is 6.04 Å². The molecule has 90 valence electrons. The van der Waals surface area contributed by atoms with Crippen LogP contribution in [0.25, 0.3) is 0 Å². The lowest BCUT2D eigenvalue weighted by Crippen LogP contribution is -2.22. The van der Waals surface area contributed by atoms with E-state index in [1.807, 2.05) is 5.51 Å². The van der Waals surface area contributed by atoms with Crippen molar-refractivity contribution >= 4 is 11.3 Å². The molecule has 1 aromatic heterocycles. The summed E-state index contributed by atoms with van der Waals surface area (Å²) in [4.78, 5) is 4.43. The molecule has 3 heteroatoms. The summed E-state index contributed by atoms with van der Waals surface area (Å²) in [6.45, 7) is 7.35. The van der Waals surface area contributed by atoms with Crippen molar-refractivity contribution in [2.24, 2.45) is 0 Å². The number of aryl methyl sites for hydroxylation is 2. The molecule has 0 fully saturated rings. The summed E-state index contributed by atoms with van der Waals surface area (Å²) >= 11 is 1.65. The average molecular weight is 246 g/mol. The Morgan fingerprint density at radius 2 is 1.94 bits per heavy atom. The minimum Gasteiger partial charge on any atom is -0.305 e. The van der Waals surface area contributed by atoms with Crippen molar-refractivity contribution in [3.63, 3.8) is 0 Å². The smallest absolute Gasteiger partial charge is 0.0795 e. The Labute approximate surface area is 107 Å². The zero-order chi connectivity index (χ0) is 12.3. The van der Waals surface area contributed by atoms with Crippen molar-refractivity contribution < 1.29 is 0 Å². The molecule has 2 aromatic rings. The molecule has 17 heavy (non-hydrogen) atoms. The normalized spacial score (nSPS) is 12.6. The molecule has 0 bridgehead atoms. The molecule has 1 heterocycles. The lowest BCUT2D eigenvalue weighted by Gasteiger charge is -2.17. The van der Waals surface area contributed by atoms with Gasteiger partial charge in [-0.2, -0.15) is 0 Å². The maximum Gasteiger partial charge on any atom is 0.0795 e. The molecule has 2 rings (SSSR count). The van der Waals surface area contributed by atoms with Gasteiger partial charge in [-0.1, -0.05) is 36.2 Å². The van der Waals surface area contributed by atoms with Crippen LogP contribution in [0.15, 0.2) is 29.1 Å². The molecule has 0 radical (unpaired) electrons. The van der Waals surface area contributed by atoms with Crippen LogP contribution in [0.1, 0.15) is 35.3 Å². The SMILES string of the molecule is CCNC(c1cc(C)cc(C)c1)c1cscn1. The van der Waals surface area contributed by atoms with E-state index < -0.39 is 0 Å².